The summed E-state index contributed by atoms with van der Waals surface area (Å²) in [6.07, 6.45) is 1.40. The molecule has 0 bridgehead atoms. The summed E-state index contributed by atoms with van der Waals surface area (Å²) in [5.41, 5.74) is 6.03. The van der Waals surface area contributed by atoms with E-state index in [1.165, 1.54) is 18.3 Å². The Morgan fingerprint density at radius 2 is 1.89 bits per heavy atom. The predicted molar refractivity (Wildman–Crippen MR) is 62.8 cm³/mol. The van der Waals surface area contributed by atoms with Gasteiger partial charge in [-0.2, -0.15) is 0 Å². The van der Waals surface area contributed by atoms with Crippen molar-refractivity contribution in [3.8, 4) is 5.88 Å². The van der Waals surface area contributed by atoms with Gasteiger partial charge in [0.2, 0.25) is 0 Å². The van der Waals surface area contributed by atoms with Crippen LogP contribution in [0.15, 0.2) is 36.5 Å². The Kier molecular flexibility index (Phi) is 3.84. The second kappa shape index (κ2) is 5.55. The van der Waals surface area contributed by atoms with Crippen LogP contribution in [0.3, 0.4) is 0 Å². The molecule has 0 aliphatic heterocycles. The number of aromatic nitrogens is 1. The van der Waals surface area contributed by atoms with Gasteiger partial charge in [-0.3, -0.25) is 0 Å². The number of ether oxygens (including phenoxy) is 1. The Morgan fingerprint density at radius 3 is 2.61 bits per heavy atom. The molecule has 0 spiro atoms. The Balaban J connectivity index is 2.14. The highest BCUT2D eigenvalue weighted by Crippen LogP contribution is 2.18. The Hall–Kier alpha value is -2.01. The highest BCUT2D eigenvalue weighted by atomic mass is 19.1. The van der Waals surface area contributed by atoms with Crippen molar-refractivity contribution in [2.75, 3.05) is 0 Å². The van der Waals surface area contributed by atoms with Crippen LogP contribution in [-0.4, -0.2) is 4.98 Å². The SMILES string of the molecule is NCc1ccnc(OCc2ccccc2F)c1F. The van der Waals surface area contributed by atoms with E-state index in [-0.39, 0.29) is 19.0 Å². The third kappa shape index (κ3) is 2.62. The second-order valence-electron chi connectivity index (χ2n) is 3.67. The molecule has 0 amide bonds. The van der Waals surface area contributed by atoms with Crippen LogP contribution in [0.4, 0.5) is 8.78 Å². The summed E-state index contributed by atoms with van der Waals surface area (Å²) < 4.78 is 32.2. The van der Waals surface area contributed by atoms with Crippen molar-refractivity contribution in [1.29, 1.82) is 0 Å². The number of hydrogen-bond acceptors (Lipinski definition) is 3. The van der Waals surface area contributed by atoms with Crippen LogP contribution in [0.1, 0.15) is 11.1 Å². The fourth-order valence-corrected chi connectivity index (χ4v) is 1.48. The van der Waals surface area contributed by atoms with Crippen LogP contribution in [-0.2, 0) is 13.2 Å². The van der Waals surface area contributed by atoms with E-state index in [9.17, 15) is 8.78 Å². The first-order chi connectivity index (χ1) is 8.72. The molecule has 0 atom stereocenters. The van der Waals surface area contributed by atoms with E-state index in [1.54, 1.807) is 18.2 Å². The first kappa shape index (κ1) is 12.4. The van der Waals surface area contributed by atoms with Crippen LogP contribution >= 0.6 is 0 Å². The van der Waals surface area contributed by atoms with Crippen molar-refractivity contribution in [2.24, 2.45) is 5.73 Å². The summed E-state index contributed by atoms with van der Waals surface area (Å²) in [5.74, 6) is -1.16. The molecule has 0 radical (unpaired) electrons. The largest absolute Gasteiger partial charge is 0.471 e. The average molecular weight is 250 g/mol. The maximum Gasteiger partial charge on any atom is 0.251 e. The van der Waals surface area contributed by atoms with Crippen LogP contribution in [0, 0.1) is 11.6 Å². The molecule has 1 aromatic carbocycles. The minimum Gasteiger partial charge on any atom is -0.471 e. The van der Waals surface area contributed by atoms with Gasteiger partial charge in [0.05, 0.1) is 0 Å². The zero-order valence-electron chi connectivity index (χ0n) is 9.57. The molecule has 5 heteroatoms. The highest BCUT2D eigenvalue weighted by Gasteiger charge is 2.10. The summed E-state index contributed by atoms with van der Waals surface area (Å²) in [6, 6.07) is 7.62. The molecular weight excluding hydrogens is 238 g/mol. The van der Waals surface area contributed by atoms with Gasteiger partial charge in [-0.15, -0.1) is 0 Å². The van der Waals surface area contributed by atoms with E-state index >= 15 is 0 Å². The maximum absolute atomic E-state index is 13.7. The average Bonchev–Trinajstić information content (AvgIpc) is 2.39. The van der Waals surface area contributed by atoms with Crippen molar-refractivity contribution < 1.29 is 13.5 Å². The standard InChI is InChI=1S/C13H12F2N2O/c14-11-4-2-1-3-10(11)8-18-13-12(15)9(7-16)5-6-17-13/h1-6H,7-8,16H2. The number of rotatable bonds is 4. The number of benzene rings is 1. The molecule has 0 aliphatic rings. The van der Waals surface area contributed by atoms with Gasteiger partial charge in [0.15, 0.2) is 5.82 Å². The van der Waals surface area contributed by atoms with Gasteiger partial charge in [-0.25, -0.2) is 13.8 Å². The molecule has 2 aromatic rings. The third-order valence-corrected chi connectivity index (χ3v) is 2.48. The summed E-state index contributed by atoms with van der Waals surface area (Å²) in [6.45, 7) is -0.0188. The third-order valence-electron chi connectivity index (χ3n) is 2.48. The number of nitrogens with two attached hydrogens (primary N) is 1. The fraction of sp³-hybridized carbons (Fsp3) is 0.154. The van der Waals surface area contributed by atoms with Crippen molar-refractivity contribution in [1.82, 2.24) is 4.98 Å². The number of halogens is 2. The summed E-state index contributed by atoms with van der Waals surface area (Å²) in [4.78, 5) is 3.76. The molecule has 0 fully saturated rings. The van der Waals surface area contributed by atoms with Gasteiger partial charge < -0.3 is 10.5 Å². The van der Waals surface area contributed by atoms with Crippen molar-refractivity contribution in [2.45, 2.75) is 13.2 Å². The smallest absolute Gasteiger partial charge is 0.251 e. The van der Waals surface area contributed by atoms with Gasteiger partial charge in [-0.05, 0) is 12.1 Å². The number of pyridine rings is 1. The minimum atomic E-state index is -0.601. The molecule has 1 heterocycles. The van der Waals surface area contributed by atoms with Gasteiger partial charge in [0.25, 0.3) is 5.88 Å². The van der Waals surface area contributed by atoms with Crippen LogP contribution in [0.2, 0.25) is 0 Å². The van der Waals surface area contributed by atoms with Gasteiger partial charge in [-0.1, -0.05) is 18.2 Å². The molecule has 2 N–H and O–H groups in total. The van der Waals surface area contributed by atoms with E-state index in [1.807, 2.05) is 0 Å². The Morgan fingerprint density at radius 1 is 1.11 bits per heavy atom. The lowest BCUT2D eigenvalue weighted by atomic mass is 10.2. The highest BCUT2D eigenvalue weighted by molar-refractivity contribution is 5.24. The zero-order valence-corrected chi connectivity index (χ0v) is 9.57. The van der Waals surface area contributed by atoms with E-state index in [0.29, 0.717) is 11.1 Å². The van der Waals surface area contributed by atoms with Crippen molar-refractivity contribution in [3.05, 3.63) is 59.3 Å². The number of hydrogen-bond donors (Lipinski definition) is 1. The zero-order chi connectivity index (χ0) is 13.0. The van der Waals surface area contributed by atoms with E-state index in [2.05, 4.69) is 4.98 Å². The molecule has 94 valence electrons. The lowest BCUT2D eigenvalue weighted by Crippen LogP contribution is -2.05. The number of nitrogens with zero attached hydrogens (tertiary/aromatic N) is 1. The van der Waals surface area contributed by atoms with E-state index < -0.39 is 11.6 Å². The predicted octanol–water partition coefficient (Wildman–Crippen LogP) is 2.40. The summed E-state index contributed by atoms with van der Waals surface area (Å²) >= 11 is 0. The lowest BCUT2D eigenvalue weighted by Gasteiger charge is -2.08. The van der Waals surface area contributed by atoms with E-state index in [4.69, 9.17) is 10.5 Å². The minimum absolute atomic E-state index is 0.0599. The molecule has 0 saturated carbocycles. The van der Waals surface area contributed by atoms with Gasteiger partial charge in [0, 0.05) is 23.9 Å². The lowest BCUT2D eigenvalue weighted by molar-refractivity contribution is 0.271. The first-order valence-electron chi connectivity index (χ1n) is 5.42. The Labute approximate surface area is 103 Å². The molecule has 0 saturated heterocycles. The van der Waals surface area contributed by atoms with Gasteiger partial charge in [0.1, 0.15) is 12.4 Å². The topological polar surface area (TPSA) is 48.1 Å². The quantitative estimate of drug-likeness (QED) is 0.906. The van der Waals surface area contributed by atoms with E-state index in [0.717, 1.165) is 0 Å². The second-order valence-corrected chi connectivity index (χ2v) is 3.67. The fourth-order valence-electron chi connectivity index (χ4n) is 1.48. The van der Waals surface area contributed by atoms with Crippen molar-refractivity contribution in [3.63, 3.8) is 0 Å². The molecule has 2 rings (SSSR count). The molecule has 3 nitrogen and oxygen atoms in total. The molecule has 18 heavy (non-hydrogen) atoms. The van der Waals surface area contributed by atoms with Crippen LogP contribution in [0.5, 0.6) is 5.88 Å². The molecule has 0 aliphatic carbocycles. The van der Waals surface area contributed by atoms with Crippen molar-refractivity contribution >= 4 is 0 Å². The van der Waals surface area contributed by atoms with Crippen LogP contribution in [0.25, 0.3) is 0 Å². The molecule has 1 aromatic heterocycles. The summed E-state index contributed by atoms with van der Waals surface area (Å²) in [7, 11) is 0. The Bertz CT molecular complexity index is 546. The monoisotopic (exact) mass is 250 g/mol. The van der Waals surface area contributed by atoms with Gasteiger partial charge >= 0.3 is 0 Å². The normalized spacial score (nSPS) is 10.4. The summed E-state index contributed by atoms with van der Waals surface area (Å²) in [5, 5.41) is 0. The maximum atomic E-state index is 13.7. The molecule has 0 unspecified atom stereocenters. The molecular formula is C13H12F2N2O. The van der Waals surface area contributed by atoms with Crippen LogP contribution < -0.4 is 10.5 Å². The first-order valence-corrected chi connectivity index (χ1v) is 5.42.